The Balaban J connectivity index is 2.29. The third kappa shape index (κ3) is 4.56. The maximum Gasteiger partial charge on any atom is 0.270 e. The summed E-state index contributed by atoms with van der Waals surface area (Å²) in [6.45, 7) is 1.74. The van der Waals surface area contributed by atoms with Crippen molar-refractivity contribution >= 4 is 34.6 Å². The normalized spacial score (nSPS) is 10.1. The summed E-state index contributed by atoms with van der Waals surface area (Å²) in [4.78, 5) is 36.3. The molecule has 0 saturated carbocycles. The van der Waals surface area contributed by atoms with E-state index in [1.54, 1.807) is 50.2 Å². The lowest BCUT2D eigenvalue weighted by molar-refractivity contribution is -0.384. The number of nitro benzene ring substituents is 1. The van der Waals surface area contributed by atoms with E-state index in [2.05, 4.69) is 10.6 Å². The highest BCUT2D eigenvalue weighted by Crippen LogP contribution is 2.25. The van der Waals surface area contributed by atoms with Crippen LogP contribution in [-0.2, 0) is 4.79 Å². The average molecular weight is 356 g/mol. The highest BCUT2D eigenvalue weighted by molar-refractivity contribution is 6.08. The molecule has 0 heterocycles. The van der Waals surface area contributed by atoms with Crippen molar-refractivity contribution in [3.8, 4) is 0 Å². The van der Waals surface area contributed by atoms with Crippen LogP contribution in [0.15, 0.2) is 42.5 Å². The van der Waals surface area contributed by atoms with Crippen molar-refractivity contribution in [3.63, 3.8) is 0 Å². The van der Waals surface area contributed by atoms with E-state index >= 15 is 0 Å². The zero-order valence-corrected chi connectivity index (χ0v) is 14.8. The van der Waals surface area contributed by atoms with Gasteiger partial charge in [-0.2, -0.15) is 0 Å². The molecular formula is C18H20N4O4. The van der Waals surface area contributed by atoms with Gasteiger partial charge in [-0.1, -0.05) is 13.0 Å². The number of non-ortho nitro benzene ring substituents is 1. The maximum absolute atomic E-state index is 12.7. The maximum atomic E-state index is 12.7. The predicted octanol–water partition coefficient (Wildman–Crippen LogP) is 3.26. The summed E-state index contributed by atoms with van der Waals surface area (Å²) in [6.07, 6.45) is 0.344. The van der Waals surface area contributed by atoms with Crippen LogP contribution in [0.2, 0.25) is 0 Å². The molecule has 0 unspecified atom stereocenters. The molecule has 136 valence electrons. The number of carbonyl (C=O) groups is 2. The first-order chi connectivity index (χ1) is 12.3. The fraction of sp³-hybridized carbons (Fsp3) is 0.222. The fourth-order valence-corrected chi connectivity index (χ4v) is 2.33. The summed E-state index contributed by atoms with van der Waals surface area (Å²) in [5, 5.41) is 16.4. The van der Waals surface area contributed by atoms with Gasteiger partial charge in [0.1, 0.15) is 0 Å². The first-order valence-electron chi connectivity index (χ1n) is 7.99. The molecule has 0 aliphatic carbocycles. The highest BCUT2D eigenvalue weighted by Gasteiger charge is 2.18. The third-order valence-electron chi connectivity index (χ3n) is 3.64. The number of anilines is 3. The molecule has 26 heavy (non-hydrogen) atoms. The SMILES string of the molecule is CCC(=O)Nc1cccc(NC(=O)c2cc([N+](=O)[O-])ccc2N(C)C)c1. The largest absolute Gasteiger partial charge is 0.377 e. The van der Waals surface area contributed by atoms with E-state index in [9.17, 15) is 19.7 Å². The van der Waals surface area contributed by atoms with Crippen LogP contribution in [-0.4, -0.2) is 30.8 Å². The van der Waals surface area contributed by atoms with Crippen molar-refractivity contribution in [2.24, 2.45) is 0 Å². The molecule has 0 fully saturated rings. The van der Waals surface area contributed by atoms with Gasteiger partial charge in [-0.15, -0.1) is 0 Å². The monoisotopic (exact) mass is 356 g/mol. The van der Waals surface area contributed by atoms with E-state index < -0.39 is 10.8 Å². The van der Waals surface area contributed by atoms with Crippen molar-refractivity contribution in [1.29, 1.82) is 0 Å². The summed E-state index contributed by atoms with van der Waals surface area (Å²) >= 11 is 0. The molecule has 2 rings (SSSR count). The summed E-state index contributed by atoms with van der Waals surface area (Å²) in [5.74, 6) is -0.613. The van der Waals surface area contributed by atoms with Crippen molar-refractivity contribution < 1.29 is 14.5 Å². The van der Waals surface area contributed by atoms with E-state index in [0.717, 1.165) is 0 Å². The molecule has 0 aromatic heterocycles. The Hall–Kier alpha value is -3.42. The lowest BCUT2D eigenvalue weighted by atomic mass is 10.1. The van der Waals surface area contributed by atoms with Gasteiger partial charge in [0.25, 0.3) is 11.6 Å². The second-order valence-corrected chi connectivity index (χ2v) is 5.79. The van der Waals surface area contributed by atoms with Gasteiger partial charge in [-0.25, -0.2) is 0 Å². The van der Waals surface area contributed by atoms with Crippen LogP contribution < -0.4 is 15.5 Å². The Morgan fingerprint density at radius 2 is 1.73 bits per heavy atom. The topological polar surface area (TPSA) is 105 Å². The molecule has 8 heteroatoms. The number of benzene rings is 2. The number of hydrogen-bond acceptors (Lipinski definition) is 5. The van der Waals surface area contributed by atoms with Crippen LogP contribution >= 0.6 is 0 Å². The standard InChI is InChI=1S/C18H20N4O4/c1-4-17(23)19-12-6-5-7-13(10-12)20-18(24)15-11-14(22(25)26)8-9-16(15)21(2)3/h5-11H,4H2,1-3H3,(H,19,23)(H,20,24). The zero-order valence-electron chi connectivity index (χ0n) is 14.8. The van der Waals surface area contributed by atoms with Crippen molar-refractivity contribution in [2.45, 2.75) is 13.3 Å². The second-order valence-electron chi connectivity index (χ2n) is 5.79. The molecule has 0 spiro atoms. The van der Waals surface area contributed by atoms with Gasteiger partial charge in [-0.05, 0) is 24.3 Å². The Bertz CT molecular complexity index is 849. The summed E-state index contributed by atoms with van der Waals surface area (Å²) in [5.41, 5.74) is 1.61. The molecule has 0 radical (unpaired) electrons. The van der Waals surface area contributed by atoms with Crippen LogP contribution in [0.5, 0.6) is 0 Å². The van der Waals surface area contributed by atoms with Crippen LogP contribution in [0.3, 0.4) is 0 Å². The highest BCUT2D eigenvalue weighted by atomic mass is 16.6. The zero-order chi connectivity index (χ0) is 19.3. The minimum atomic E-state index is -0.545. The smallest absolute Gasteiger partial charge is 0.270 e. The fourth-order valence-electron chi connectivity index (χ4n) is 2.33. The lowest BCUT2D eigenvalue weighted by Crippen LogP contribution is -2.19. The van der Waals surface area contributed by atoms with E-state index in [0.29, 0.717) is 23.5 Å². The first kappa shape index (κ1) is 18.9. The van der Waals surface area contributed by atoms with Gasteiger partial charge < -0.3 is 15.5 Å². The number of nitrogens with one attached hydrogen (secondary N) is 2. The van der Waals surface area contributed by atoms with Gasteiger partial charge >= 0.3 is 0 Å². The molecule has 0 bridgehead atoms. The Labute approximate surface area is 151 Å². The Morgan fingerprint density at radius 3 is 2.31 bits per heavy atom. The van der Waals surface area contributed by atoms with E-state index in [-0.39, 0.29) is 17.2 Å². The average Bonchev–Trinajstić information content (AvgIpc) is 2.61. The Kier molecular flexibility index (Phi) is 5.90. The summed E-state index contributed by atoms with van der Waals surface area (Å²) < 4.78 is 0. The van der Waals surface area contributed by atoms with Crippen LogP contribution in [0.4, 0.5) is 22.7 Å². The summed E-state index contributed by atoms with van der Waals surface area (Å²) in [7, 11) is 3.50. The van der Waals surface area contributed by atoms with Crippen LogP contribution in [0, 0.1) is 10.1 Å². The second kappa shape index (κ2) is 8.11. The molecule has 2 amide bonds. The minimum absolute atomic E-state index is 0.137. The predicted molar refractivity (Wildman–Crippen MR) is 101 cm³/mol. The molecule has 2 N–H and O–H groups in total. The van der Waals surface area contributed by atoms with Crippen LogP contribution in [0.1, 0.15) is 23.7 Å². The number of carbonyl (C=O) groups excluding carboxylic acids is 2. The number of rotatable bonds is 6. The van der Waals surface area contributed by atoms with Gasteiger partial charge in [0.2, 0.25) is 5.91 Å². The molecule has 0 saturated heterocycles. The van der Waals surface area contributed by atoms with E-state index in [4.69, 9.17) is 0 Å². The number of nitrogens with zero attached hydrogens (tertiary/aromatic N) is 2. The van der Waals surface area contributed by atoms with Crippen LogP contribution in [0.25, 0.3) is 0 Å². The summed E-state index contributed by atoms with van der Waals surface area (Å²) in [6, 6.07) is 10.8. The lowest BCUT2D eigenvalue weighted by Gasteiger charge is -2.17. The van der Waals surface area contributed by atoms with E-state index in [1.165, 1.54) is 18.2 Å². The molecule has 0 aliphatic heterocycles. The molecule has 0 aliphatic rings. The van der Waals surface area contributed by atoms with Crippen molar-refractivity contribution in [3.05, 3.63) is 58.1 Å². The van der Waals surface area contributed by atoms with Gasteiger partial charge in [0, 0.05) is 49.7 Å². The Morgan fingerprint density at radius 1 is 1.08 bits per heavy atom. The quantitative estimate of drug-likeness (QED) is 0.610. The molecule has 8 nitrogen and oxygen atoms in total. The number of amides is 2. The van der Waals surface area contributed by atoms with Gasteiger partial charge in [0.15, 0.2) is 0 Å². The molecular weight excluding hydrogens is 336 g/mol. The first-order valence-corrected chi connectivity index (χ1v) is 7.99. The van der Waals surface area contributed by atoms with Crippen molar-refractivity contribution in [1.82, 2.24) is 0 Å². The van der Waals surface area contributed by atoms with E-state index in [1.807, 2.05) is 0 Å². The minimum Gasteiger partial charge on any atom is -0.377 e. The third-order valence-corrected chi connectivity index (χ3v) is 3.64. The molecule has 2 aromatic carbocycles. The van der Waals surface area contributed by atoms with Gasteiger partial charge in [-0.3, -0.25) is 19.7 Å². The van der Waals surface area contributed by atoms with Gasteiger partial charge in [0.05, 0.1) is 10.5 Å². The van der Waals surface area contributed by atoms with Crippen molar-refractivity contribution in [2.75, 3.05) is 29.6 Å². The molecule has 0 atom stereocenters. The number of hydrogen-bond donors (Lipinski definition) is 2. The number of nitro groups is 1. The molecule has 2 aromatic rings.